The first-order valence-corrected chi connectivity index (χ1v) is 10.7. The van der Waals surface area contributed by atoms with Gasteiger partial charge in [0.05, 0.1) is 17.9 Å². The molecule has 0 saturated heterocycles. The lowest BCUT2D eigenvalue weighted by Crippen LogP contribution is -2.17. The van der Waals surface area contributed by atoms with Crippen LogP contribution in [0, 0.1) is 5.82 Å². The first-order valence-electron chi connectivity index (χ1n) is 10.7. The molecule has 0 radical (unpaired) electrons. The van der Waals surface area contributed by atoms with Gasteiger partial charge in [-0.25, -0.2) is 9.37 Å². The summed E-state index contributed by atoms with van der Waals surface area (Å²) in [5.41, 5.74) is 2.95. The van der Waals surface area contributed by atoms with Crippen molar-refractivity contribution in [3.8, 4) is 11.1 Å². The zero-order chi connectivity index (χ0) is 24.1. The van der Waals surface area contributed by atoms with Crippen LogP contribution in [0.25, 0.3) is 28.2 Å². The third kappa shape index (κ3) is 6.12. The van der Waals surface area contributed by atoms with Gasteiger partial charge in [-0.15, -0.1) is 0 Å². The third-order valence-electron chi connectivity index (χ3n) is 5.31. The normalized spacial score (nSPS) is 13.6. The minimum atomic E-state index is -1.01. The van der Waals surface area contributed by atoms with Crippen LogP contribution in [0.15, 0.2) is 47.3 Å². The Morgan fingerprint density at radius 2 is 1.85 bits per heavy atom. The fourth-order valence-corrected chi connectivity index (χ4v) is 3.72. The monoisotopic (exact) mass is 454 g/mol. The highest BCUT2D eigenvalue weighted by atomic mass is 19.1. The van der Waals surface area contributed by atoms with Gasteiger partial charge < -0.3 is 20.3 Å². The average molecular weight is 454 g/mol. The largest absolute Gasteiger partial charge is 0.481 e. The SMILES string of the molecule is CC(C)c1nc2[nH]c(=O)ccc2c(-c2ccc(F)cc2)c1/C=C/C(O)CC(O)CCC(=O)O. The van der Waals surface area contributed by atoms with Crippen molar-refractivity contribution in [3.05, 3.63) is 69.9 Å². The van der Waals surface area contributed by atoms with Crippen molar-refractivity contribution in [1.29, 1.82) is 0 Å². The number of aliphatic carboxylic acids is 1. The van der Waals surface area contributed by atoms with E-state index in [1.165, 1.54) is 24.3 Å². The van der Waals surface area contributed by atoms with Crippen molar-refractivity contribution in [1.82, 2.24) is 9.97 Å². The maximum Gasteiger partial charge on any atom is 0.303 e. The molecule has 0 saturated carbocycles. The Morgan fingerprint density at radius 3 is 2.48 bits per heavy atom. The molecule has 3 rings (SSSR count). The van der Waals surface area contributed by atoms with E-state index in [2.05, 4.69) is 9.97 Å². The molecule has 3 aromatic rings. The van der Waals surface area contributed by atoms with Crippen LogP contribution in [0.3, 0.4) is 0 Å². The van der Waals surface area contributed by atoms with Crippen LogP contribution in [0.2, 0.25) is 0 Å². The number of hydrogen-bond donors (Lipinski definition) is 4. The van der Waals surface area contributed by atoms with E-state index in [-0.39, 0.29) is 36.6 Å². The average Bonchev–Trinajstić information content (AvgIpc) is 2.75. The van der Waals surface area contributed by atoms with Gasteiger partial charge in [0, 0.05) is 35.4 Å². The zero-order valence-corrected chi connectivity index (χ0v) is 18.5. The summed E-state index contributed by atoms with van der Waals surface area (Å²) in [4.78, 5) is 30.0. The second-order valence-electron chi connectivity index (χ2n) is 8.28. The topological polar surface area (TPSA) is 124 Å². The lowest BCUT2D eigenvalue weighted by Gasteiger charge is -2.18. The van der Waals surface area contributed by atoms with Crippen molar-refractivity contribution in [2.75, 3.05) is 0 Å². The summed E-state index contributed by atoms with van der Waals surface area (Å²) in [5.74, 6) is -1.42. The number of nitrogens with one attached hydrogen (secondary N) is 1. The number of H-pyrrole nitrogens is 1. The quantitative estimate of drug-likeness (QED) is 0.390. The van der Waals surface area contributed by atoms with E-state index >= 15 is 0 Å². The van der Waals surface area contributed by atoms with Gasteiger partial charge in [-0.2, -0.15) is 0 Å². The number of benzene rings is 1. The van der Waals surface area contributed by atoms with Gasteiger partial charge in [-0.05, 0) is 36.1 Å². The summed E-state index contributed by atoms with van der Waals surface area (Å²) in [7, 11) is 0. The number of aromatic amines is 1. The third-order valence-corrected chi connectivity index (χ3v) is 5.31. The molecular weight excluding hydrogens is 427 g/mol. The molecule has 0 bridgehead atoms. The molecule has 0 aliphatic rings. The van der Waals surface area contributed by atoms with E-state index in [0.29, 0.717) is 27.9 Å². The Bertz CT molecular complexity index is 1220. The first kappa shape index (κ1) is 24.3. The number of carboxylic acid groups (broad SMARTS) is 1. The second-order valence-corrected chi connectivity index (χ2v) is 8.28. The summed E-state index contributed by atoms with van der Waals surface area (Å²) in [5, 5.41) is 29.8. The van der Waals surface area contributed by atoms with Gasteiger partial charge in [-0.1, -0.05) is 38.1 Å². The molecule has 7 nitrogen and oxygen atoms in total. The maximum absolute atomic E-state index is 13.6. The number of fused-ring (bicyclic) bond motifs is 1. The summed E-state index contributed by atoms with van der Waals surface area (Å²) in [6, 6.07) is 9.04. The lowest BCUT2D eigenvalue weighted by atomic mass is 9.91. The Balaban J connectivity index is 2.09. The number of aliphatic hydroxyl groups excluding tert-OH is 2. The number of hydrogen-bond acceptors (Lipinski definition) is 5. The van der Waals surface area contributed by atoms with Crippen molar-refractivity contribution < 1.29 is 24.5 Å². The molecule has 0 fully saturated rings. The maximum atomic E-state index is 13.6. The highest BCUT2D eigenvalue weighted by molar-refractivity contribution is 5.98. The molecule has 0 amide bonds. The van der Waals surface area contributed by atoms with Crippen LogP contribution in [0.5, 0.6) is 0 Å². The number of carbonyl (C=O) groups is 1. The number of rotatable bonds is 9. The number of aliphatic hydroxyl groups is 2. The number of halogens is 1. The Morgan fingerprint density at radius 1 is 1.15 bits per heavy atom. The molecule has 0 aliphatic heterocycles. The number of carboxylic acids is 1. The van der Waals surface area contributed by atoms with Crippen LogP contribution in [0.4, 0.5) is 4.39 Å². The molecular formula is C25H27FN2O5. The van der Waals surface area contributed by atoms with Gasteiger partial charge in [0.2, 0.25) is 5.56 Å². The fraction of sp³-hybridized carbons (Fsp3) is 0.320. The number of nitrogens with zero attached hydrogens (tertiary/aromatic N) is 1. The van der Waals surface area contributed by atoms with Crippen molar-refractivity contribution in [3.63, 3.8) is 0 Å². The highest BCUT2D eigenvalue weighted by Gasteiger charge is 2.19. The molecule has 0 spiro atoms. The van der Waals surface area contributed by atoms with Crippen LogP contribution in [-0.4, -0.2) is 43.5 Å². The van der Waals surface area contributed by atoms with Gasteiger partial charge >= 0.3 is 5.97 Å². The molecule has 2 unspecified atom stereocenters. The van der Waals surface area contributed by atoms with Crippen molar-refractivity contribution >= 4 is 23.1 Å². The van der Waals surface area contributed by atoms with E-state index in [1.807, 2.05) is 13.8 Å². The van der Waals surface area contributed by atoms with Crippen molar-refractivity contribution in [2.45, 2.75) is 51.2 Å². The smallest absolute Gasteiger partial charge is 0.303 e. The van der Waals surface area contributed by atoms with E-state index in [1.54, 1.807) is 24.3 Å². The van der Waals surface area contributed by atoms with E-state index in [4.69, 9.17) is 5.11 Å². The zero-order valence-electron chi connectivity index (χ0n) is 18.5. The van der Waals surface area contributed by atoms with Gasteiger partial charge in [0.15, 0.2) is 0 Å². The first-order chi connectivity index (χ1) is 15.7. The predicted molar refractivity (Wildman–Crippen MR) is 124 cm³/mol. The molecule has 33 heavy (non-hydrogen) atoms. The Kier molecular flexibility index (Phi) is 7.73. The summed E-state index contributed by atoms with van der Waals surface area (Å²) >= 11 is 0. The molecule has 174 valence electrons. The minimum Gasteiger partial charge on any atom is -0.481 e. The standard InChI is InChI=1S/C25H27FN2O5/c1-14(2)24-19(9-7-17(29)13-18(30)8-12-22(32)33)23(15-3-5-16(26)6-4-15)20-10-11-21(31)27-25(20)28-24/h3-7,9-11,14,17-18,29-30H,8,12-13H2,1-2H3,(H,32,33)(H,27,28,31)/b9-7+. The summed E-state index contributed by atoms with van der Waals surface area (Å²) < 4.78 is 13.6. The molecule has 1 aromatic carbocycles. The van der Waals surface area contributed by atoms with E-state index < -0.39 is 18.2 Å². The number of pyridine rings is 2. The number of aromatic nitrogens is 2. The highest BCUT2D eigenvalue weighted by Crippen LogP contribution is 2.35. The lowest BCUT2D eigenvalue weighted by molar-refractivity contribution is -0.137. The molecule has 2 aromatic heterocycles. The Hall–Kier alpha value is -3.36. The molecule has 2 heterocycles. The van der Waals surface area contributed by atoms with Crippen molar-refractivity contribution in [2.24, 2.45) is 0 Å². The van der Waals surface area contributed by atoms with Crippen LogP contribution in [-0.2, 0) is 4.79 Å². The predicted octanol–water partition coefficient (Wildman–Crippen LogP) is 3.84. The molecule has 4 N–H and O–H groups in total. The fourth-order valence-electron chi connectivity index (χ4n) is 3.72. The van der Waals surface area contributed by atoms with Crippen LogP contribution in [0.1, 0.15) is 50.3 Å². The summed E-state index contributed by atoms with van der Waals surface area (Å²) in [6.07, 6.45) is 1.11. The Labute approximate surface area is 190 Å². The van der Waals surface area contributed by atoms with Crippen LogP contribution < -0.4 is 5.56 Å². The molecule has 2 atom stereocenters. The van der Waals surface area contributed by atoms with E-state index in [0.717, 1.165) is 5.56 Å². The summed E-state index contributed by atoms with van der Waals surface area (Å²) in [6.45, 7) is 3.90. The second kappa shape index (κ2) is 10.5. The molecule has 0 aliphatic carbocycles. The van der Waals surface area contributed by atoms with Gasteiger partial charge in [-0.3, -0.25) is 9.59 Å². The van der Waals surface area contributed by atoms with E-state index in [9.17, 15) is 24.2 Å². The van der Waals surface area contributed by atoms with Gasteiger partial charge in [0.1, 0.15) is 11.5 Å². The van der Waals surface area contributed by atoms with Crippen LogP contribution >= 0.6 is 0 Å². The minimum absolute atomic E-state index is 0.0129. The van der Waals surface area contributed by atoms with Gasteiger partial charge in [0.25, 0.3) is 0 Å². The molecule has 8 heteroatoms.